The summed E-state index contributed by atoms with van der Waals surface area (Å²) in [5, 5.41) is 12.4. The summed E-state index contributed by atoms with van der Waals surface area (Å²) in [6, 6.07) is 7.73. The highest BCUT2D eigenvalue weighted by Gasteiger charge is 2.35. The standard InChI is InChI=1S/C17H16F4N2O3/c1-16(25,9-26-12-5-2-10(18)3-6-12)15(24)23-11-4-7-14(22)13(8-11)17(19,20)21/h2-8,25H,9,22H2,1H3,(H,23,24)/t16-/m0/s1. The average Bonchev–Trinajstić information content (AvgIpc) is 2.55. The summed E-state index contributed by atoms with van der Waals surface area (Å²) in [5.41, 5.74) is 1.47. The number of alkyl halides is 3. The van der Waals surface area contributed by atoms with Crippen molar-refractivity contribution in [3.05, 3.63) is 53.8 Å². The van der Waals surface area contributed by atoms with E-state index in [9.17, 15) is 27.5 Å². The SMILES string of the molecule is C[C@](O)(COc1ccc(F)cc1)C(=O)Nc1ccc(N)c(C(F)(F)F)c1. The molecule has 0 saturated carbocycles. The van der Waals surface area contributed by atoms with Crippen molar-refractivity contribution in [3.63, 3.8) is 0 Å². The van der Waals surface area contributed by atoms with Crippen LogP contribution in [-0.4, -0.2) is 23.2 Å². The summed E-state index contributed by atoms with van der Waals surface area (Å²) in [5.74, 6) is -1.24. The van der Waals surface area contributed by atoms with Crippen LogP contribution in [0, 0.1) is 5.82 Å². The van der Waals surface area contributed by atoms with E-state index >= 15 is 0 Å². The molecule has 1 amide bonds. The molecule has 2 aromatic rings. The summed E-state index contributed by atoms with van der Waals surface area (Å²) in [6.45, 7) is 0.638. The van der Waals surface area contributed by atoms with Crippen LogP contribution in [0.2, 0.25) is 0 Å². The van der Waals surface area contributed by atoms with Crippen LogP contribution in [-0.2, 0) is 11.0 Å². The predicted octanol–water partition coefficient (Wildman–Crippen LogP) is 3.20. The Morgan fingerprint density at radius 2 is 1.81 bits per heavy atom. The van der Waals surface area contributed by atoms with Crippen molar-refractivity contribution in [2.75, 3.05) is 17.7 Å². The Labute approximate surface area is 146 Å². The van der Waals surface area contributed by atoms with Gasteiger partial charge < -0.3 is 20.9 Å². The topological polar surface area (TPSA) is 84.6 Å². The minimum absolute atomic E-state index is 0.182. The molecule has 1 atom stereocenters. The lowest BCUT2D eigenvalue weighted by Crippen LogP contribution is -2.45. The second kappa shape index (κ2) is 7.20. The van der Waals surface area contributed by atoms with Gasteiger partial charge in [0.1, 0.15) is 18.2 Å². The van der Waals surface area contributed by atoms with Crippen LogP contribution in [0.1, 0.15) is 12.5 Å². The van der Waals surface area contributed by atoms with Gasteiger partial charge in [0.2, 0.25) is 0 Å². The fourth-order valence-corrected chi connectivity index (χ4v) is 1.97. The first-order chi connectivity index (χ1) is 12.0. The largest absolute Gasteiger partial charge is 0.490 e. The number of nitrogens with one attached hydrogen (secondary N) is 1. The number of carbonyl (C=O) groups is 1. The lowest BCUT2D eigenvalue weighted by atomic mass is 10.1. The van der Waals surface area contributed by atoms with Gasteiger partial charge in [-0.05, 0) is 49.4 Å². The lowest BCUT2D eigenvalue weighted by Gasteiger charge is -2.23. The van der Waals surface area contributed by atoms with Gasteiger partial charge in [-0.3, -0.25) is 4.79 Å². The van der Waals surface area contributed by atoms with Gasteiger partial charge in [-0.2, -0.15) is 13.2 Å². The molecule has 5 nitrogen and oxygen atoms in total. The molecule has 0 aliphatic heterocycles. The summed E-state index contributed by atoms with van der Waals surface area (Å²) in [6.07, 6.45) is -4.68. The first kappa shape index (κ1) is 19.5. The molecule has 0 saturated heterocycles. The van der Waals surface area contributed by atoms with Crippen molar-refractivity contribution in [3.8, 4) is 5.75 Å². The molecule has 0 fully saturated rings. The molecule has 2 aromatic carbocycles. The molecular formula is C17H16F4N2O3. The van der Waals surface area contributed by atoms with E-state index < -0.39 is 41.4 Å². The number of anilines is 2. The van der Waals surface area contributed by atoms with Gasteiger partial charge in [0.05, 0.1) is 5.56 Å². The molecule has 140 valence electrons. The van der Waals surface area contributed by atoms with Gasteiger partial charge in [0.25, 0.3) is 5.91 Å². The highest BCUT2D eigenvalue weighted by atomic mass is 19.4. The number of nitrogen functional groups attached to an aromatic ring is 1. The third-order valence-corrected chi connectivity index (χ3v) is 3.44. The van der Waals surface area contributed by atoms with E-state index in [1.54, 1.807) is 0 Å². The molecule has 9 heteroatoms. The molecule has 0 aliphatic carbocycles. The van der Waals surface area contributed by atoms with Crippen molar-refractivity contribution in [2.24, 2.45) is 0 Å². The van der Waals surface area contributed by atoms with Crippen LogP contribution in [0.25, 0.3) is 0 Å². The molecule has 2 rings (SSSR count). The minimum Gasteiger partial charge on any atom is -0.490 e. The third-order valence-electron chi connectivity index (χ3n) is 3.44. The molecule has 26 heavy (non-hydrogen) atoms. The van der Waals surface area contributed by atoms with E-state index in [1.807, 2.05) is 0 Å². The summed E-state index contributed by atoms with van der Waals surface area (Å²) < 4.78 is 56.6. The fourth-order valence-electron chi connectivity index (χ4n) is 1.97. The molecule has 0 radical (unpaired) electrons. The third kappa shape index (κ3) is 4.85. The number of halogens is 4. The molecule has 0 aromatic heterocycles. The Kier molecular flexibility index (Phi) is 5.41. The van der Waals surface area contributed by atoms with Gasteiger partial charge in [0.15, 0.2) is 5.60 Å². The Balaban J connectivity index is 2.06. The van der Waals surface area contributed by atoms with Crippen molar-refractivity contribution in [2.45, 2.75) is 18.7 Å². The zero-order valence-electron chi connectivity index (χ0n) is 13.6. The number of ether oxygens (including phenoxy) is 1. The van der Waals surface area contributed by atoms with Gasteiger partial charge in [-0.1, -0.05) is 0 Å². The van der Waals surface area contributed by atoms with Gasteiger partial charge in [0, 0.05) is 11.4 Å². The quantitative estimate of drug-likeness (QED) is 0.556. The number of hydrogen-bond acceptors (Lipinski definition) is 4. The van der Waals surface area contributed by atoms with Crippen LogP contribution >= 0.6 is 0 Å². The van der Waals surface area contributed by atoms with Crippen LogP contribution in [0.5, 0.6) is 5.75 Å². The summed E-state index contributed by atoms with van der Waals surface area (Å²) in [4.78, 5) is 12.1. The lowest BCUT2D eigenvalue weighted by molar-refractivity contribution is -0.137. The number of rotatable bonds is 5. The average molecular weight is 372 g/mol. The monoisotopic (exact) mass is 372 g/mol. The Morgan fingerprint density at radius 1 is 1.19 bits per heavy atom. The normalized spacial score (nSPS) is 13.8. The number of amides is 1. The first-order valence-corrected chi connectivity index (χ1v) is 7.38. The van der Waals surface area contributed by atoms with E-state index in [1.165, 1.54) is 18.2 Å². The Morgan fingerprint density at radius 3 is 2.38 bits per heavy atom. The van der Waals surface area contributed by atoms with E-state index in [0.29, 0.717) is 6.07 Å². The van der Waals surface area contributed by atoms with Crippen molar-refractivity contribution >= 4 is 17.3 Å². The van der Waals surface area contributed by atoms with Crippen LogP contribution in [0.4, 0.5) is 28.9 Å². The maximum Gasteiger partial charge on any atom is 0.418 e. The van der Waals surface area contributed by atoms with Crippen molar-refractivity contribution in [1.29, 1.82) is 0 Å². The van der Waals surface area contributed by atoms with E-state index in [4.69, 9.17) is 10.5 Å². The second-order valence-corrected chi connectivity index (χ2v) is 5.77. The number of aliphatic hydroxyl groups is 1. The maximum atomic E-state index is 12.8. The van der Waals surface area contributed by atoms with Crippen LogP contribution in [0.3, 0.4) is 0 Å². The molecule has 4 N–H and O–H groups in total. The van der Waals surface area contributed by atoms with Crippen molar-refractivity contribution in [1.82, 2.24) is 0 Å². The maximum absolute atomic E-state index is 12.8. The molecular weight excluding hydrogens is 356 g/mol. The molecule has 0 heterocycles. The summed E-state index contributed by atoms with van der Waals surface area (Å²) in [7, 11) is 0. The molecule has 0 bridgehead atoms. The number of nitrogens with two attached hydrogens (primary N) is 1. The number of hydrogen-bond donors (Lipinski definition) is 3. The Bertz CT molecular complexity index is 790. The molecule has 0 spiro atoms. The zero-order chi connectivity index (χ0) is 19.5. The van der Waals surface area contributed by atoms with E-state index in [2.05, 4.69) is 5.32 Å². The minimum atomic E-state index is -4.68. The highest BCUT2D eigenvalue weighted by Crippen LogP contribution is 2.35. The summed E-state index contributed by atoms with van der Waals surface area (Å²) >= 11 is 0. The van der Waals surface area contributed by atoms with Crippen LogP contribution < -0.4 is 15.8 Å². The first-order valence-electron chi connectivity index (χ1n) is 7.38. The van der Waals surface area contributed by atoms with Gasteiger partial charge in [-0.25, -0.2) is 4.39 Å². The van der Waals surface area contributed by atoms with Crippen molar-refractivity contribution < 1.29 is 32.2 Å². The smallest absolute Gasteiger partial charge is 0.418 e. The van der Waals surface area contributed by atoms with Gasteiger partial charge in [-0.15, -0.1) is 0 Å². The van der Waals surface area contributed by atoms with Gasteiger partial charge >= 0.3 is 6.18 Å². The second-order valence-electron chi connectivity index (χ2n) is 5.77. The van der Waals surface area contributed by atoms with Crippen LogP contribution in [0.15, 0.2) is 42.5 Å². The number of carbonyl (C=O) groups excluding carboxylic acids is 1. The molecule has 0 aliphatic rings. The predicted molar refractivity (Wildman–Crippen MR) is 87.0 cm³/mol. The highest BCUT2D eigenvalue weighted by molar-refractivity contribution is 5.97. The van der Waals surface area contributed by atoms with E-state index in [0.717, 1.165) is 25.1 Å². The zero-order valence-corrected chi connectivity index (χ0v) is 13.6. The molecule has 0 unspecified atom stereocenters. The van der Waals surface area contributed by atoms with E-state index in [-0.39, 0.29) is 11.4 Å². The Hall–Kier alpha value is -2.81. The number of benzene rings is 2. The fraction of sp³-hybridized carbons (Fsp3) is 0.235.